The van der Waals surface area contributed by atoms with Crippen molar-refractivity contribution in [2.24, 2.45) is 18.0 Å². The second-order valence-electron chi connectivity index (χ2n) is 7.59. The first-order valence-corrected chi connectivity index (χ1v) is 9.94. The fraction of sp³-hybridized carbons (Fsp3) is 0.500. The number of guanidine groups is 1. The Morgan fingerprint density at radius 2 is 2.04 bits per heavy atom. The Hall–Kier alpha value is -2.27. The van der Waals surface area contributed by atoms with Crippen molar-refractivity contribution >= 4 is 5.96 Å². The van der Waals surface area contributed by atoms with Crippen LogP contribution in [0.15, 0.2) is 53.7 Å². The highest BCUT2D eigenvalue weighted by atomic mass is 15.3. The van der Waals surface area contributed by atoms with Crippen LogP contribution < -0.4 is 5.32 Å². The predicted molar refractivity (Wildman–Crippen MR) is 113 cm³/mol. The van der Waals surface area contributed by atoms with Gasteiger partial charge in [-0.1, -0.05) is 30.3 Å². The average Bonchev–Trinajstić information content (AvgIpc) is 3.30. The summed E-state index contributed by atoms with van der Waals surface area (Å²) < 4.78 is 2.16. The van der Waals surface area contributed by atoms with Crippen molar-refractivity contribution in [3.63, 3.8) is 0 Å². The molecule has 1 fully saturated rings. The fourth-order valence-corrected chi connectivity index (χ4v) is 3.81. The topological polar surface area (TPSA) is 35.8 Å². The second kappa shape index (κ2) is 9.60. The van der Waals surface area contributed by atoms with Gasteiger partial charge in [0.05, 0.1) is 6.54 Å². The van der Waals surface area contributed by atoms with E-state index in [2.05, 4.69) is 87.4 Å². The van der Waals surface area contributed by atoms with Crippen molar-refractivity contribution < 1.29 is 0 Å². The first-order valence-electron chi connectivity index (χ1n) is 9.94. The quantitative estimate of drug-likeness (QED) is 0.604. The smallest absolute Gasteiger partial charge is 0.193 e. The van der Waals surface area contributed by atoms with E-state index in [4.69, 9.17) is 0 Å². The van der Waals surface area contributed by atoms with Crippen LogP contribution in [0, 0.1) is 5.92 Å². The van der Waals surface area contributed by atoms with Crippen molar-refractivity contribution in [1.29, 1.82) is 0 Å². The highest BCUT2D eigenvalue weighted by Gasteiger charge is 2.22. The molecule has 2 aromatic rings. The molecule has 0 bridgehead atoms. The maximum absolute atomic E-state index is 4.46. The Kier molecular flexibility index (Phi) is 6.93. The molecule has 2 heterocycles. The number of hydrogen-bond acceptors (Lipinski definition) is 2. The molecule has 1 N–H and O–H groups in total. The molecule has 5 heteroatoms. The summed E-state index contributed by atoms with van der Waals surface area (Å²) in [6.07, 6.45) is 4.49. The number of hydrogen-bond donors (Lipinski definition) is 1. The summed E-state index contributed by atoms with van der Waals surface area (Å²) in [5.41, 5.74) is 2.72. The van der Waals surface area contributed by atoms with E-state index < -0.39 is 0 Å². The maximum Gasteiger partial charge on any atom is 0.193 e. The maximum atomic E-state index is 4.46. The molecule has 1 atom stereocenters. The molecule has 1 aromatic heterocycles. The normalized spacial score (nSPS) is 18.0. The summed E-state index contributed by atoms with van der Waals surface area (Å²) in [7, 11) is 6.05. The molecule has 0 aliphatic carbocycles. The fourth-order valence-electron chi connectivity index (χ4n) is 3.81. The first kappa shape index (κ1) is 19.5. The van der Waals surface area contributed by atoms with E-state index in [0.29, 0.717) is 5.92 Å². The monoisotopic (exact) mass is 367 g/mol. The zero-order chi connectivity index (χ0) is 19.1. The SMILES string of the molecule is CN=C(NCC1CCN(CCc2ccccc2)C1)N(C)Cc1cccn1C. The van der Waals surface area contributed by atoms with Gasteiger partial charge < -0.3 is 19.7 Å². The third kappa shape index (κ3) is 5.60. The van der Waals surface area contributed by atoms with Gasteiger partial charge in [-0.15, -0.1) is 0 Å². The van der Waals surface area contributed by atoms with Crippen LogP contribution in [-0.2, 0) is 20.0 Å². The van der Waals surface area contributed by atoms with Crippen LogP contribution in [-0.4, -0.2) is 60.6 Å². The average molecular weight is 368 g/mol. The molecule has 0 radical (unpaired) electrons. The zero-order valence-corrected chi connectivity index (χ0v) is 16.9. The predicted octanol–water partition coefficient (Wildman–Crippen LogP) is 2.60. The number of likely N-dealkylation sites (tertiary alicyclic amines) is 1. The lowest BCUT2D eigenvalue weighted by Crippen LogP contribution is -2.41. The summed E-state index contributed by atoms with van der Waals surface area (Å²) in [4.78, 5) is 9.25. The summed E-state index contributed by atoms with van der Waals surface area (Å²) in [5.74, 6) is 1.67. The molecule has 1 saturated heterocycles. The van der Waals surface area contributed by atoms with Gasteiger partial charge in [0.1, 0.15) is 0 Å². The summed E-state index contributed by atoms with van der Waals surface area (Å²) in [5, 5.41) is 3.58. The first-order chi connectivity index (χ1) is 13.2. The Morgan fingerprint density at radius 1 is 1.22 bits per heavy atom. The third-order valence-corrected chi connectivity index (χ3v) is 5.50. The van der Waals surface area contributed by atoms with Crippen LogP contribution >= 0.6 is 0 Å². The van der Waals surface area contributed by atoms with Crippen LogP contribution in [0.3, 0.4) is 0 Å². The van der Waals surface area contributed by atoms with E-state index in [1.807, 2.05) is 7.05 Å². The third-order valence-electron chi connectivity index (χ3n) is 5.50. The highest BCUT2D eigenvalue weighted by Crippen LogP contribution is 2.16. The molecule has 0 spiro atoms. The summed E-state index contributed by atoms with van der Waals surface area (Å²) in [6, 6.07) is 15.0. The van der Waals surface area contributed by atoms with Gasteiger partial charge in [-0.2, -0.15) is 0 Å². The Balaban J connectivity index is 1.40. The second-order valence-corrected chi connectivity index (χ2v) is 7.59. The molecule has 1 aliphatic rings. The van der Waals surface area contributed by atoms with E-state index in [0.717, 1.165) is 32.0 Å². The van der Waals surface area contributed by atoms with Crippen LogP contribution in [0.1, 0.15) is 17.7 Å². The van der Waals surface area contributed by atoms with Crippen LogP contribution in [0.2, 0.25) is 0 Å². The van der Waals surface area contributed by atoms with Gasteiger partial charge in [-0.05, 0) is 43.0 Å². The number of nitrogens with zero attached hydrogens (tertiary/aromatic N) is 4. The van der Waals surface area contributed by atoms with Crippen molar-refractivity contribution in [3.05, 3.63) is 59.9 Å². The molecule has 1 unspecified atom stereocenters. The molecule has 1 aromatic carbocycles. The lowest BCUT2D eigenvalue weighted by atomic mass is 10.1. The Bertz CT molecular complexity index is 721. The molecule has 1 aliphatic heterocycles. The molecule has 0 saturated carbocycles. The standard InChI is InChI=1S/C22H33N5/c1-23-22(26(3)18-21-10-7-13-25(21)2)24-16-20-12-15-27(17-20)14-11-19-8-5-4-6-9-19/h4-10,13,20H,11-12,14-18H2,1-3H3,(H,23,24). The number of benzene rings is 1. The highest BCUT2D eigenvalue weighted by molar-refractivity contribution is 5.79. The van der Waals surface area contributed by atoms with E-state index in [9.17, 15) is 0 Å². The van der Waals surface area contributed by atoms with E-state index in [1.165, 1.54) is 30.8 Å². The van der Waals surface area contributed by atoms with Gasteiger partial charge in [0.25, 0.3) is 0 Å². The van der Waals surface area contributed by atoms with Gasteiger partial charge in [-0.25, -0.2) is 0 Å². The van der Waals surface area contributed by atoms with Crippen molar-refractivity contribution in [3.8, 4) is 0 Å². The van der Waals surface area contributed by atoms with Crippen LogP contribution in [0.5, 0.6) is 0 Å². The summed E-state index contributed by atoms with van der Waals surface area (Å²) in [6.45, 7) is 5.39. The molecule has 3 rings (SSSR count). The summed E-state index contributed by atoms with van der Waals surface area (Å²) >= 11 is 0. The van der Waals surface area contributed by atoms with Crippen molar-refractivity contribution in [2.75, 3.05) is 40.3 Å². The molecule has 27 heavy (non-hydrogen) atoms. The minimum Gasteiger partial charge on any atom is -0.356 e. The van der Waals surface area contributed by atoms with Crippen LogP contribution in [0.4, 0.5) is 0 Å². The lowest BCUT2D eigenvalue weighted by Gasteiger charge is -2.24. The minimum absolute atomic E-state index is 0.695. The van der Waals surface area contributed by atoms with E-state index >= 15 is 0 Å². The Morgan fingerprint density at radius 3 is 2.74 bits per heavy atom. The van der Waals surface area contributed by atoms with Crippen LogP contribution in [0.25, 0.3) is 0 Å². The number of aliphatic imine (C=N–C) groups is 1. The number of aryl methyl sites for hydroxylation is 1. The van der Waals surface area contributed by atoms with Gasteiger partial charge in [0.15, 0.2) is 5.96 Å². The van der Waals surface area contributed by atoms with Gasteiger partial charge >= 0.3 is 0 Å². The van der Waals surface area contributed by atoms with Gasteiger partial charge in [0, 0.05) is 52.7 Å². The molecule has 146 valence electrons. The van der Waals surface area contributed by atoms with Crippen molar-refractivity contribution in [2.45, 2.75) is 19.4 Å². The van der Waals surface area contributed by atoms with Gasteiger partial charge in [0.2, 0.25) is 0 Å². The number of nitrogens with one attached hydrogen (secondary N) is 1. The molecular weight excluding hydrogens is 334 g/mol. The number of rotatable bonds is 7. The van der Waals surface area contributed by atoms with Gasteiger partial charge in [-0.3, -0.25) is 4.99 Å². The van der Waals surface area contributed by atoms with E-state index in [1.54, 1.807) is 0 Å². The van der Waals surface area contributed by atoms with Crippen molar-refractivity contribution in [1.82, 2.24) is 19.7 Å². The molecule has 5 nitrogen and oxygen atoms in total. The largest absolute Gasteiger partial charge is 0.356 e. The molecule has 0 amide bonds. The zero-order valence-electron chi connectivity index (χ0n) is 16.9. The lowest BCUT2D eigenvalue weighted by molar-refractivity contribution is 0.327. The van der Waals surface area contributed by atoms with E-state index in [-0.39, 0.29) is 0 Å². The number of aromatic nitrogens is 1. The Labute approximate surface area is 163 Å². The minimum atomic E-state index is 0.695. The molecular formula is C22H33N5.